The summed E-state index contributed by atoms with van der Waals surface area (Å²) in [4.78, 5) is 0. The van der Waals surface area contributed by atoms with E-state index in [2.05, 4.69) is 554 Å². The van der Waals surface area contributed by atoms with Gasteiger partial charge in [0.15, 0.2) is 0 Å². The van der Waals surface area contributed by atoms with Crippen LogP contribution in [0.3, 0.4) is 0 Å². The van der Waals surface area contributed by atoms with Gasteiger partial charge >= 0.3 is 721 Å². The first-order valence-electron chi connectivity index (χ1n) is 41.0. The molecule has 0 bridgehead atoms. The normalized spacial score (nSPS) is 12.2. The summed E-state index contributed by atoms with van der Waals surface area (Å²) in [5.41, 5.74) is 0. The summed E-state index contributed by atoms with van der Waals surface area (Å²) in [7, 11) is 0. The van der Waals surface area contributed by atoms with E-state index in [9.17, 15) is 0 Å². The molecule has 0 N–H and O–H groups in total. The van der Waals surface area contributed by atoms with Crippen LogP contribution in [0.1, 0.15) is 0 Å². The molecule has 18 rings (SSSR count). The van der Waals surface area contributed by atoms with Crippen molar-refractivity contribution in [2.75, 3.05) is 0 Å². The molecular weight excluding hydrogens is 1790 g/mol. The van der Waals surface area contributed by atoms with Crippen LogP contribution >= 0.6 is 0 Å². The van der Waals surface area contributed by atoms with Gasteiger partial charge in [-0.2, -0.15) is 0 Å². The van der Waals surface area contributed by atoms with E-state index in [4.69, 9.17) is 0 Å². The summed E-state index contributed by atoms with van der Waals surface area (Å²) in [6.45, 7) is 0. The van der Waals surface area contributed by atoms with Crippen molar-refractivity contribution >= 4 is 160 Å². The first-order chi connectivity index (χ1) is 58.6. The molecular formula is C109H91Ge6N3. The van der Waals surface area contributed by atoms with Crippen LogP contribution in [-0.2, 0) is 0 Å². The van der Waals surface area contributed by atoms with E-state index in [1.807, 2.05) is 0 Å². The van der Waals surface area contributed by atoms with Crippen molar-refractivity contribution in [3.05, 3.63) is 546 Å². The van der Waals surface area contributed by atoms with Gasteiger partial charge in [-0.05, 0) is 0 Å². The predicted octanol–water partition coefficient (Wildman–Crippen LogP) is 12.2. The minimum absolute atomic E-state index is 0.858. The molecule has 0 fully saturated rings. The van der Waals surface area contributed by atoms with Gasteiger partial charge in [0.05, 0.1) is 0 Å². The fraction of sp³-hybridized carbons (Fsp3) is 0.00917. The number of rotatable bonds is 27. The number of hydrogen-bond acceptors (Lipinski definition) is 3. The Kier molecular flexibility index (Phi) is 23.7. The minimum atomic E-state index is -5.60. The zero-order valence-corrected chi connectivity index (χ0v) is 78.5. The van der Waals surface area contributed by atoms with Gasteiger partial charge < -0.3 is 0 Å². The number of benzene rings is 18. The summed E-state index contributed by atoms with van der Waals surface area (Å²) in [5.74, 6) is 0. The third-order valence-electron chi connectivity index (χ3n) is 24.3. The van der Waals surface area contributed by atoms with Crippen molar-refractivity contribution in [3.63, 3.8) is 0 Å². The van der Waals surface area contributed by atoms with Crippen LogP contribution in [0.2, 0.25) is 0 Å². The molecule has 118 heavy (non-hydrogen) atoms. The molecule has 0 unspecified atom stereocenters. The van der Waals surface area contributed by atoms with E-state index in [0.29, 0.717) is 0 Å². The molecule has 0 radical (unpaired) electrons. The van der Waals surface area contributed by atoms with Gasteiger partial charge in [0.25, 0.3) is 0 Å². The second kappa shape index (κ2) is 35.7. The van der Waals surface area contributed by atoms with Crippen molar-refractivity contribution in [2.24, 2.45) is 0 Å². The Balaban J connectivity index is 1.32. The van der Waals surface area contributed by atoms with Crippen LogP contribution < -0.4 is 79.1 Å². The average Bonchev–Trinajstić information content (AvgIpc) is 0.652. The second-order valence-corrected chi connectivity index (χ2v) is 82.0. The van der Waals surface area contributed by atoms with E-state index < -0.39 is 87.2 Å². The van der Waals surface area contributed by atoms with E-state index in [1.165, 1.54) is 79.1 Å². The Bertz CT molecular complexity index is 4580. The van der Waals surface area contributed by atoms with Crippen molar-refractivity contribution in [3.8, 4) is 0 Å². The molecule has 9 heteroatoms. The molecule has 0 spiro atoms. The Morgan fingerprint density at radius 3 is 0.212 bits per heavy atom. The van der Waals surface area contributed by atoms with Gasteiger partial charge in [-0.3, -0.25) is 0 Å². The van der Waals surface area contributed by atoms with Gasteiger partial charge in [-0.15, -0.1) is 0 Å². The molecule has 18 aromatic rings. The standard InChI is InChI=1S/C109H91Ge6N3/c1-19-55-91(56-20-1)110(92-57-21-2-22-58-92,93-59-23-3-24-60-93)116(111(94-61-25-4-26-62-94,95-63-27-5-28-64-95)96-65-29-6-30-66-96)109(117(112(97-67-31-7-32-68-97,98-69-33-8-34-70-98)99-71-35-9-36-72-99)113(100-73-37-10-38-74-100,101-75-39-11-40-76-101)102-77-41-12-42-78-102)118(114(103-79-43-13-44-80-103,104-81-45-14-46-82-104)105-83-47-15-48-84-105)115(106-85-49-16-50-86-106,107-87-51-17-52-88-107)108-89-53-18-54-90-108/h1-90,109H. The van der Waals surface area contributed by atoms with Crippen molar-refractivity contribution < 1.29 is 0 Å². The van der Waals surface area contributed by atoms with Crippen LogP contribution in [0.15, 0.2) is 546 Å². The fourth-order valence-electron chi connectivity index (χ4n) is 19.9. The number of nitrogens with zero attached hydrogens (tertiary/aromatic N) is 3. The second-order valence-electron chi connectivity index (χ2n) is 30.3. The maximum absolute atomic E-state index is 5.60. The summed E-state index contributed by atoms with van der Waals surface area (Å²) in [5, 5.41) is 0. The molecule has 0 saturated carbocycles. The Morgan fingerprint density at radius 1 is 0.0932 bits per heavy atom. The summed E-state index contributed by atoms with van der Waals surface area (Å²) in [6.07, 6.45) is -0.858. The quantitative estimate of drug-likeness (QED) is 0.0375. The van der Waals surface area contributed by atoms with Gasteiger partial charge in [0.1, 0.15) is 0 Å². The summed E-state index contributed by atoms with van der Waals surface area (Å²) >= 11 is -33.6. The van der Waals surface area contributed by atoms with E-state index in [0.717, 1.165) is 0 Å². The molecule has 18 aromatic carbocycles. The molecule has 3 nitrogen and oxygen atoms in total. The molecule has 0 heterocycles. The Labute approximate surface area is 713 Å². The molecule has 0 aliphatic rings. The van der Waals surface area contributed by atoms with E-state index in [1.54, 1.807) is 0 Å². The third kappa shape index (κ3) is 13.6. The van der Waals surface area contributed by atoms with Crippen LogP contribution in [0.4, 0.5) is 0 Å². The first kappa shape index (κ1) is 78.3. The molecule has 0 atom stereocenters. The molecule has 0 aliphatic heterocycles. The van der Waals surface area contributed by atoms with Gasteiger partial charge in [0.2, 0.25) is 0 Å². The van der Waals surface area contributed by atoms with Gasteiger partial charge in [-0.25, -0.2) is 0 Å². The van der Waals surface area contributed by atoms with E-state index >= 15 is 0 Å². The molecule has 0 aromatic heterocycles. The van der Waals surface area contributed by atoms with Crippen LogP contribution in [0, 0.1) is 0 Å². The molecule has 566 valence electrons. The monoisotopic (exact) mass is 1890 g/mol. The molecule has 0 amide bonds. The average molecular weight is 1880 g/mol. The van der Waals surface area contributed by atoms with Crippen molar-refractivity contribution in [2.45, 2.75) is 6.29 Å². The van der Waals surface area contributed by atoms with Crippen LogP contribution in [0.5, 0.6) is 0 Å². The van der Waals surface area contributed by atoms with Crippen molar-refractivity contribution in [1.82, 2.24) is 8.44 Å². The Morgan fingerprint density at radius 2 is 0.153 bits per heavy atom. The first-order valence-corrected chi connectivity index (χ1v) is 65.5. The summed E-state index contributed by atoms with van der Waals surface area (Å²) in [6, 6.07) is 220. The van der Waals surface area contributed by atoms with E-state index in [-0.39, 0.29) is 0 Å². The Hall–Kier alpha value is -10.9. The maximum atomic E-state index is 3.67. The molecule has 0 saturated heterocycles. The topological polar surface area (TPSA) is 9.72 Å². The van der Waals surface area contributed by atoms with Crippen LogP contribution in [-0.4, -0.2) is 95.7 Å². The predicted molar refractivity (Wildman–Crippen MR) is 513 cm³/mol. The number of hydrogen-bond donors (Lipinski definition) is 0. The van der Waals surface area contributed by atoms with Crippen molar-refractivity contribution in [1.29, 1.82) is 0 Å². The molecule has 0 aliphatic carbocycles. The zero-order chi connectivity index (χ0) is 79.3. The van der Waals surface area contributed by atoms with Gasteiger partial charge in [0, 0.05) is 0 Å². The SMILES string of the molecule is c1cc[c]([Ge]([c]2ccccc2)([c]2ccccc2)[N](C([N]([Ge]([c]2ccccc2)([c]2ccccc2)[c]2ccccc2)[Ge]([c]2ccccc2)([c]2ccccc2)[c]2ccccc2)[N]([Ge]([c]2ccccc2)([c]2ccccc2)[c]2ccccc2)[Ge]([c]2ccccc2)([c]2ccccc2)[c]2ccccc2)[Ge]([c]2ccccc2)([c]2ccccc2)[c]2ccccc2)cc1. The van der Waals surface area contributed by atoms with Gasteiger partial charge in [-0.1, -0.05) is 0 Å². The summed E-state index contributed by atoms with van der Waals surface area (Å²) < 4.78 is 34.9. The third-order valence-corrected chi connectivity index (χ3v) is 102. The zero-order valence-electron chi connectivity index (χ0n) is 65.9. The fourth-order valence-corrected chi connectivity index (χ4v) is 127. The van der Waals surface area contributed by atoms with Crippen LogP contribution in [0.25, 0.3) is 0 Å².